The zero-order valence-electron chi connectivity index (χ0n) is 16.2. The number of nitrogens with two attached hydrogens (primary N) is 2. The van der Waals surface area contributed by atoms with Gasteiger partial charge in [0.1, 0.15) is 17.3 Å². The van der Waals surface area contributed by atoms with E-state index >= 15 is 0 Å². The van der Waals surface area contributed by atoms with Crippen molar-refractivity contribution >= 4 is 34.1 Å². The molecule has 32 heavy (non-hydrogen) atoms. The molecule has 0 aliphatic carbocycles. The molecule has 12 heteroatoms. The molecule has 12 nitrogen and oxygen atoms in total. The van der Waals surface area contributed by atoms with Crippen molar-refractivity contribution in [2.45, 2.75) is 0 Å². The molecule has 5 N–H and O–H groups in total. The van der Waals surface area contributed by atoms with Crippen LogP contribution in [0, 0.1) is 11.3 Å². The average Bonchev–Trinajstić information content (AvgIpc) is 3.21. The molecule has 0 unspecified atom stereocenters. The lowest BCUT2D eigenvalue weighted by atomic mass is 10.0. The number of amides is 2. The largest absolute Gasteiger partial charge is 0.505 e. The minimum absolute atomic E-state index is 0.00415. The van der Waals surface area contributed by atoms with Crippen molar-refractivity contribution in [2.24, 2.45) is 21.7 Å². The molecule has 2 aromatic carbocycles. The van der Waals surface area contributed by atoms with Crippen molar-refractivity contribution in [3.05, 3.63) is 65.6 Å². The summed E-state index contributed by atoms with van der Waals surface area (Å²) in [5.41, 5.74) is 10.6. The fourth-order valence-corrected chi connectivity index (χ4v) is 2.98. The molecule has 2 heterocycles. The van der Waals surface area contributed by atoms with Crippen molar-refractivity contribution < 1.29 is 14.7 Å². The normalized spacial score (nSPS) is 11.0. The number of aromatic nitrogens is 4. The van der Waals surface area contributed by atoms with Crippen LogP contribution in [-0.4, -0.2) is 36.7 Å². The van der Waals surface area contributed by atoms with E-state index in [0.29, 0.717) is 10.8 Å². The van der Waals surface area contributed by atoms with Crippen LogP contribution in [0.4, 0.5) is 11.5 Å². The molecular weight excluding hydrogens is 414 g/mol. The number of nitrogens with zero attached hydrogens (tertiary/aromatic N) is 7. The summed E-state index contributed by atoms with van der Waals surface area (Å²) in [5, 5.41) is 33.0. The number of primary amides is 2. The summed E-state index contributed by atoms with van der Waals surface area (Å²) < 4.78 is 1.20. The molecule has 4 aromatic rings. The van der Waals surface area contributed by atoms with Crippen molar-refractivity contribution in [3.63, 3.8) is 0 Å². The van der Waals surface area contributed by atoms with E-state index in [9.17, 15) is 20.0 Å². The van der Waals surface area contributed by atoms with E-state index in [-0.39, 0.29) is 34.1 Å². The van der Waals surface area contributed by atoms with Crippen molar-refractivity contribution in [2.75, 3.05) is 0 Å². The third-order valence-corrected chi connectivity index (χ3v) is 4.49. The second-order valence-electron chi connectivity index (χ2n) is 6.44. The molecule has 0 aliphatic heterocycles. The molecule has 4 rings (SSSR count). The lowest BCUT2D eigenvalue weighted by Gasteiger charge is -2.09. The van der Waals surface area contributed by atoms with Gasteiger partial charge in [-0.1, -0.05) is 6.07 Å². The summed E-state index contributed by atoms with van der Waals surface area (Å²) in [7, 11) is 0. The van der Waals surface area contributed by atoms with Crippen LogP contribution < -0.4 is 11.5 Å². The van der Waals surface area contributed by atoms with Gasteiger partial charge in [0.05, 0.1) is 11.8 Å². The summed E-state index contributed by atoms with van der Waals surface area (Å²) in [6.07, 6.45) is 4.24. The number of phenols is 1. The predicted molar refractivity (Wildman–Crippen MR) is 111 cm³/mol. The van der Waals surface area contributed by atoms with E-state index in [1.54, 1.807) is 6.07 Å². The number of azo groups is 1. The maximum Gasteiger partial charge on any atom is 0.252 e. The van der Waals surface area contributed by atoms with Gasteiger partial charge < -0.3 is 16.6 Å². The fraction of sp³-hybridized carbons (Fsp3) is 0. The van der Waals surface area contributed by atoms with Gasteiger partial charge in [0.15, 0.2) is 11.6 Å². The van der Waals surface area contributed by atoms with Gasteiger partial charge in [-0.25, -0.2) is 9.97 Å². The van der Waals surface area contributed by atoms with Gasteiger partial charge in [-0.3, -0.25) is 9.59 Å². The number of benzene rings is 2. The van der Waals surface area contributed by atoms with E-state index in [4.69, 9.17) is 11.5 Å². The summed E-state index contributed by atoms with van der Waals surface area (Å²) in [5.74, 6) is -1.94. The maximum absolute atomic E-state index is 11.8. The maximum atomic E-state index is 11.8. The number of rotatable bonds is 5. The van der Waals surface area contributed by atoms with Gasteiger partial charge in [0.25, 0.3) is 11.9 Å². The van der Waals surface area contributed by atoms with Crippen LogP contribution in [0.15, 0.2) is 59.2 Å². The Morgan fingerprint density at radius 2 is 1.84 bits per heavy atom. The summed E-state index contributed by atoms with van der Waals surface area (Å²) in [6.45, 7) is 0. The highest BCUT2D eigenvalue weighted by Crippen LogP contribution is 2.40. The first kappa shape index (κ1) is 20.1. The van der Waals surface area contributed by atoms with Crippen LogP contribution in [-0.2, 0) is 0 Å². The number of hydrogen-bond acceptors (Lipinski definition) is 9. The minimum atomic E-state index is -0.911. The average molecular weight is 427 g/mol. The Kier molecular flexibility index (Phi) is 4.98. The standard InChI is InChI=1S/C20H13N9O3/c21-8-12-9-26-29(20-24-4-1-5-25-20)19(12)28-27-15-13-3-2-10(17(22)31)6-11(13)7-14(16(15)30)18(23)32/h1-7,9,30H,(H2,22,31)(H2,23,32)/b28-27+. The highest BCUT2D eigenvalue weighted by Gasteiger charge is 2.19. The number of nitriles is 1. The van der Waals surface area contributed by atoms with E-state index in [0.717, 1.165) is 0 Å². The van der Waals surface area contributed by atoms with Crippen molar-refractivity contribution in [1.29, 1.82) is 5.26 Å². The summed E-state index contributed by atoms with van der Waals surface area (Å²) in [4.78, 5) is 31.5. The topological polar surface area (TPSA) is 199 Å². The Morgan fingerprint density at radius 3 is 2.50 bits per heavy atom. The molecular formula is C20H13N9O3. The second-order valence-corrected chi connectivity index (χ2v) is 6.44. The second kappa shape index (κ2) is 7.92. The predicted octanol–water partition coefficient (Wildman–Crippen LogP) is 2.01. The summed E-state index contributed by atoms with van der Waals surface area (Å²) >= 11 is 0. The van der Waals surface area contributed by atoms with Crippen LogP contribution in [0.25, 0.3) is 16.7 Å². The zero-order chi connectivity index (χ0) is 22.8. The molecule has 2 amide bonds. The number of fused-ring (bicyclic) bond motifs is 1. The molecule has 0 bridgehead atoms. The molecule has 0 saturated carbocycles. The SMILES string of the molecule is N#Cc1cnn(-c2ncccn2)c1/N=N/c1c(O)c(C(N)=O)cc2cc(C(N)=O)ccc12. The molecule has 0 saturated heterocycles. The highest BCUT2D eigenvalue weighted by molar-refractivity contribution is 6.08. The Bertz CT molecular complexity index is 1450. The van der Waals surface area contributed by atoms with Gasteiger partial charge in [0, 0.05) is 23.3 Å². The first-order chi connectivity index (χ1) is 15.4. The van der Waals surface area contributed by atoms with Gasteiger partial charge >= 0.3 is 0 Å². The number of aromatic hydroxyl groups is 1. The molecule has 2 aromatic heterocycles. The zero-order valence-corrected chi connectivity index (χ0v) is 16.2. The van der Waals surface area contributed by atoms with Gasteiger partial charge in [-0.2, -0.15) is 15.0 Å². The minimum Gasteiger partial charge on any atom is -0.505 e. The lowest BCUT2D eigenvalue weighted by Crippen LogP contribution is -2.12. The summed E-state index contributed by atoms with van der Waals surface area (Å²) in [6, 6.07) is 9.25. The monoisotopic (exact) mass is 427 g/mol. The van der Waals surface area contributed by atoms with Gasteiger partial charge in [0.2, 0.25) is 5.91 Å². The molecule has 0 radical (unpaired) electrons. The van der Waals surface area contributed by atoms with Gasteiger partial charge in [-0.05, 0) is 29.7 Å². The first-order valence-electron chi connectivity index (χ1n) is 8.97. The van der Waals surface area contributed by atoms with Crippen molar-refractivity contribution in [1.82, 2.24) is 19.7 Å². The molecule has 0 atom stereocenters. The van der Waals surface area contributed by atoms with E-state index in [2.05, 4.69) is 25.3 Å². The van der Waals surface area contributed by atoms with Crippen LogP contribution in [0.1, 0.15) is 26.3 Å². The fourth-order valence-electron chi connectivity index (χ4n) is 2.98. The Hall–Kier alpha value is -5.18. The molecule has 0 fully saturated rings. The third kappa shape index (κ3) is 3.46. The highest BCUT2D eigenvalue weighted by atomic mass is 16.3. The van der Waals surface area contributed by atoms with E-state index in [1.165, 1.54) is 47.5 Å². The van der Waals surface area contributed by atoms with E-state index < -0.39 is 17.6 Å². The lowest BCUT2D eigenvalue weighted by molar-refractivity contribution is 0.0991. The van der Waals surface area contributed by atoms with Crippen LogP contribution >= 0.6 is 0 Å². The number of hydrogen-bond donors (Lipinski definition) is 3. The molecule has 156 valence electrons. The molecule has 0 aliphatic rings. The Labute approximate surface area is 179 Å². The Morgan fingerprint density at radius 1 is 1.09 bits per heavy atom. The quantitative estimate of drug-likeness (QED) is 0.404. The first-order valence-corrected chi connectivity index (χ1v) is 8.97. The van der Waals surface area contributed by atoms with E-state index in [1.807, 2.05) is 6.07 Å². The molecule has 0 spiro atoms. The Balaban J connectivity index is 1.93. The van der Waals surface area contributed by atoms with Crippen LogP contribution in [0.2, 0.25) is 0 Å². The van der Waals surface area contributed by atoms with Crippen LogP contribution in [0.3, 0.4) is 0 Å². The number of carbonyl (C=O) groups excluding carboxylic acids is 2. The van der Waals surface area contributed by atoms with Crippen molar-refractivity contribution in [3.8, 4) is 17.8 Å². The number of carbonyl (C=O) groups is 2. The smallest absolute Gasteiger partial charge is 0.252 e. The van der Waals surface area contributed by atoms with Crippen LogP contribution in [0.5, 0.6) is 5.75 Å². The third-order valence-electron chi connectivity index (χ3n) is 4.49. The van der Waals surface area contributed by atoms with Gasteiger partial charge in [-0.15, -0.1) is 10.2 Å².